The first-order valence-electron chi connectivity index (χ1n) is 7.75. The summed E-state index contributed by atoms with van der Waals surface area (Å²) in [6.45, 7) is 10.8. The Labute approximate surface area is 123 Å². The maximum Gasteiger partial charge on any atom is 0.0665 e. The van der Waals surface area contributed by atoms with E-state index in [1.54, 1.807) is 0 Å². The third-order valence-corrected chi connectivity index (χ3v) is 4.55. The van der Waals surface area contributed by atoms with Crippen LogP contribution in [-0.4, -0.2) is 42.8 Å². The molecule has 1 aliphatic heterocycles. The van der Waals surface area contributed by atoms with Crippen LogP contribution in [0, 0.1) is 0 Å². The van der Waals surface area contributed by atoms with Gasteiger partial charge in [0.15, 0.2) is 0 Å². The van der Waals surface area contributed by atoms with Gasteiger partial charge in [-0.05, 0) is 36.9 Å². The molecule has 1 heterocycles. The van der Waals surface area contributed by atoms with Crippen molar-refractivity contribution >= 4 is 0 Å². The predicted molar refractivity (Wildman–Crippen MR) is 84.0 cm³/mol. The van der Waals surface area contributed by atoms with Crippen LogP contribution < -0.4 is 5.32 Å². The zero-order chi connectivity index (χ0) is 14.6. The van der Waals surface area contributed by atoms with E-state index >= 15 is 0 Å². The Kier molecular flexibility index (Phi) is 5.19. The van der Waals surface area contributed by atoms with Crippen molar-refractivity contribution in [2.75, 3.05) is 32.8 Å². The molecule has 0 aliphatic carbocycles. The third-order valence-electron chi connectivity index (χ3n) is 4.55. The minimum absolute atomic E-state index is 0.161. The fourth-order valence-corrected chi connectivity index (χ4v) is 2.94. The predicted octanol–water partition coefficient (Wildman–Crippen LogP) is 2.31. The maximum absolute atomic E-state index is 10.00. The summed E-state index contributed by atoms with van der Waals surface area (Å²) in [4.78, 5) is 2.41. The molecule has 1 aliphatic rings. The monoisotopic (exact) mass is 276 g/mol. The van der Waals surface area contributed by atoms with E-state index in [1.807, 2.05) is 0 Å². The van der Waals surface area contributed by atoms with Gasteiger partial charge in [0.05, 0.1) is 12.1 Å². The minimum atomic E-state index is -0.276. The average molecular weight is 276 g/mol. The molecule has 1 saturated heterocycles. The second-order valence-electron chi connectivity index (χ2n) is 6.30. The van der Waals surface area contributed by atoms with E-state index in [-0.39, 0.29) is 12.1 Å². The summed E-state index contributed by atoms with van der Waals surface area (Å²) in [5, 5.41) is 13.4. The topological polar surface area (TPSA) is 35.5 Å². The van der Waals surface area contributed by atoms with Crippen molar-refractivity contribution in [3.05, 3.63) is 35.4 Å². The highest BCUT2D eigenvalue weighted by Gasteiger charge is 2.33. The molecule has 0 saturated carbocycles. The van der Waals surface area contributed by atoms with Crippen molar-refractivity contribution in [2.24, 2.45) is 0 Å². The molecule has 0 bridgehead atoms. The fourth-order valence-electron chi connectivity index (χ4n) is 2.94. The van der Waals surface area contributed by atoms with Crippen LogP contribution in [0.1, 0.15) is 44.2 Å². The second kappa shape index (κ2) is 6.70. The molecule has 112 valence electrons. The van der Waals surface area contributed by atoms with Crippen molar-refractivity contribution in [1.29, 1.82) is 0 Å². The quantitative estimate of drug-likeness (QED) is 0.886. The van der Waals surface area contributed by atoms with Crippen LogP contribution in [0.3, 0.4) is 0 Å². The van der Waals surface area contributed by atoms with Gasteiger partial charge in [-0.3, -0.25) is 4.90 Å². The number of aliphatic hydroxyl groups excluding tert-OH is 1. The standard InChI is InChI=1S/C17H28N2O/c1-14(2)15-5-7-16(8-6-15)17(3,13-20)19-11-4-9-18-10-12-19/h5-8,14,18,20H,4,9-13H2,1-3H3. The van der Waals surface area contributed by atoms with Gasteiger partial charge in [-0.2, -0.15) is 0 Å². The van der Waals surface area contributed by atoms with Crippen LogP contribution in [0.25, 0.3) is 0 Å². The van der Waals surface area contributed by atoms with Gasteiger partial charge in [-0.1, -0.05) is 38.1 Å². The van der Waals surface area contributed by atoms with Gasteiger partial charge in [0.25, 0.3) is 0 Å². The number of hydrogen-bond acceptors (Lipinski definition) is 3. The molecule has 0 radical (unpaired) electrons. The normalized spacial score (nSPS) is 20.6. The van der Waals surface area contributed by atoms with Crippen LogP contribution in [0.2, 0.25) is 0 Å². The highest BCUT2D eigenvalue weighted by Crippen LogP contribution is 2.29. The zero-order valence-corrected chi connectivity index (χ0v) is 13.0. The average Bonchev–Trinajstić information content (AvgIpc) is 2.76. The van der Waals surface area contributed by atoms with Gasteiger partial charge >= 0.3 is 0 Å². The van der Waals surface area contributed by atoms with Crippen LogP contribution >= 0.6 is 0 Å². The van der Waals surface area contributed by atoms with Gasteiger partial charge in [0.2, 0.25) is 0 Å². The van der Waals surface area contributed by atoms with Crippen molar-refractivity contribution in [1.82, 2.24) is 10.2 Å². The summed E-state index contributed by atoms with van der Waals surface area (Å²) in [6, 6.07) is 8.77. The van der Waals surface area contributed by atoms with Crippen molar-refractivity contribution in [3.63, 3.8) is 0 Å². The molecular formula is C17H28N2O. The Bertz CT molecular complexity index is 408. The molecule has 1 atom stereocenters. The lowest BCUT2D eigenvalue weighted by Gasteiger charge is -2.40. The van der Waals surface area contributed by atoms with Crippen molar-refractivity contribution in [2.45, 2.75) is 38.6 Å². The van der Waals surface area contributed by atoms with Crippen molar-refractivity contribution in [3.8, 4) is 0 Å². The Morgan fingerprint density at radius 1 is 1.20 bits per heavy atom. The molecule has 3 heteroatoms. The molecule has 3 nitrogen and oxygen atoms in total. The van der Waals surface area contributed by atoms with E-state index in [0.29, 0.717) is 5.92 Å². The molecule has 2 rings (SSSR count). The fraction of sp³-hybridized carbons (Fsp3) is 0.647. The van der Waals surface area contributed by atoms with Gasteiger partial charge in [0.1, 0.15) is 0 Å². The SMILES string of the molecule is CC(C)c1ccc(C(C)(CO)N2CCCNCC2)cc1. The molecule has 1 fully saturated rings. The van der Waals surface area contributed by atoms with Crippen LogP contribution in [0.15, 0.2) is 24.3 Å². The second-order valence-corrected chi connectivity index (χ2v) is 6.30. The van der Waals surface area contributed by atoms with E-state index in [2.05, 4.69) is 55.3 Å². The lowest BCUT2D eigenvalue weighted by atomic mass is 9.88. The molecule has 0 aromatic heterocycles. The maximum atomic E-state index is 10.00. The van der Waals surface area contributed by atoms with Crippen LogP contribution in [-0.2, 0) is 5.54 Å². The molecule has 0 amide bonds. The summed E-state index contributed by atoms with van der Waals surface area (Å²) in [6.07, 6.45) is 1.14. The summed E-state index contributed by atoms with van der Waals surface area (Å²) in [5.74, 6) is 0.548. The molecular weight excluding hydrogens is 248 g/mol. The molecule has 1 unspecified atom stereocenters. The number of rotatable bonds is 4. The lowest BCUT2D eigenvalue weighted by molar-refractivity contribution is 0.0453. The summed E-state index contributed by atoms with van der Waals surface area (Å²) >= 11 is 0. The minimum Gasteiger partial charge on any atom is -0.394 e. The Morgan fingerprint density at radius 3 is 2.50 bits per heavy atom. The smallest absolute Gasteiger partial charge is 0.0665 e. The van der Waals surface area contributed by atoms with E-state index in [1.165, 1.54) is 11.1 Å². The first-order valence-corrected chi connectivity index (χ1v) is 7.75. The first kappa shape index (κ1) is 15.5. The lowest BCUT2D eigenvalue weighted by Crippen LogP contribution is -2.48. The summed E-state index contributed by atoms with van der Waals surface area (Å²) in [5.41, 5.74) is 2.29. The number of hydrogen-bond donors (Lipinski definition) is 2. The zero-order valence-electron chi connectivity index (χ0n) is 13.0. The first-order chi connectivity index (χ1) is 9.58. The Morgan fingerprint density at radius 2 is 1.90 bits per heavy atom. The summed E-state index contributed by atoms with van der Waals surface area (Å²) < 4.78 is 0. The largest absolute Gasteiger partial charge is 0.394 e. The van der Waals surface area contributed by atoms with Crippen molar-refractivity contribution < 1.29 is 5.11 Å². The number of nitrogens with zero attached hydrogens (tertiary/aromatic N) is 1. The molecule has 1 aromatic rings. The van der Waals surface area contributed by atoms with Gasteiger partial charge in [-0.15, -0.1) is 0 Å². The van der Waals surface area contributed by atoms with E-state index in [9.17, 15) is 5.11 Å². The third kappa shape index (κ3) is 3.22. The molecule has 0 spiro atoms. The molecule has 1 aromatic carbocycles. The van der Waals surface area contributed by atoms with Gasteiger partial charge in [-0.25, -0.2) is 0 Å². The number of aliphatic hydroxyl groups is 1. The van der Waals surface area contributed by atoms with Crippen LogP contribution in [0.4, 0.5) is 0 Å². The van der Waals surface area contributed by atoms with Gasteiger partial charge in [0, 0.05) is 19.6 Å². The number of nitrogens with one attached hydrogen (secondary N) is 1. The Balaban J connectivity index is 2.24. The number of benzene rings is 1. The molecule has 20 heavy (non-hydrogen) atoms. The highest BCUT2D eigenvalue weighted by atomic mass is 16.3. The van der Waals surface area contributed by atoms with E-state index in [0.717, 1.165) is 32.6 Å². The Hall–Kier alpha value is -0.900. The molecule has 2 N–H and O–H groups in total. The summed E-state index contributed by atoms with van der Waals surface area (Å²) in [7, 11) is 0. The van der Waals surface area contributed by atoms with Crippen LogP contribution in [0.5, 0.6) is 0 Å². The van der Waals surface area contributed by atoms with Gasteiger partial charge < -0.3 is 10.4 Å². The van der Waals surface area contributed by atoms with E-state index in [4.69, 9.17) is 0 Å². The van der Waals surface area contributed by atoms with E-state index < -0.39 is 0 Å². The highest BCUT2D eigenvalue weighted by molar-refractivity contribution is 5.30.